The van der Waals surface area contributed by atoms with Crippen LogP contribution in [0.2, 0.25) is 5.02 Å². The molecule has 0 aliphatic rings. The summed E-state index contributed by atoms with van der Waals surface area (Å²) in [5.74, 6) is -1.37. The zero-order valence-electron chi connectivity index (χ0n) is 17.4. The first-order chi connectivity index (χ1) is 13.8. The summed E-state index contributed by atoms with van der Waals surface area (Å²) in [4.78, 5) is 24.9. The molecule has 2 rings (SSSR count). The van der Waals surface area contributed by atoms with Crippen molar-refractivity contribution < 1.29 is 22.7 Å². The number of esters is 1. The van der Waals surface area contributed by atoms with Crippen molar-refractivity contribution in [2.24, 2.45) is 0 Å². The third kappa shape index (κ3) is 6.29. The molecule has 0 spiro atoms. The molecule has 0 radical (unpaired) electrons. The molecule has 0 aliphatic heterocycles. The van der Waals surface area contributed by atoms with Crippen molar-refractivity contribution >= 4 is 39.2 Å². The first-order valence-corrected chi connectivity index (χ1v) is 11.1. The van der Waals surface area contributed by atoms with Gasteiger partial charge in [0, 0.05) is 5.54 Å². The van der Waals surface area contributed by atoms with Crippen molar-refractivity contribution in [2.45, 2.75) is 51.2 Å². The average Bonchev–Trinajstić information content (AvgIpc) is 2.61. The number of hydrogen-bond donors (Lipinski definition) is 2. The molecule has 30 heavy (non-hydrogen) atoms. The number of sulfonamides is 1. The Balaban J connectivity index is 2.18. The second kappa shape index (κ2) is 9.16. The smallest absolute Gasteiger partial charge is 0.339 e. The Hall–Kier alpha value is -2.42. The third-order valence-corrected chi connectivity index (χ3v) is 6.05. The minimum absolute atomic E-state index is 0.0594. The van der Waals surface area contributed by atoms with E-state index in [1.807, 2.05) is 0 Å². The van der Waals surface area contributed by atoms with Crippen LogP contribution in [0.1, 0.15) is 43.6 Å². The monoisotopic (exact) mass is 452 g/mol. The molecule has 9 heteroatoms. The first kappa shape index (κ1) is 23.9. The van der Waals surface area contributed by atoms with E-state index in [9.17, 15) is 18.0 Å². The van der Waals surface area contributed by atoms with Crippen LogP contribution in [-0.2, 0) is 19.6 Å². The highest BCUT2D eigenvalue weighted by Gasteiger charge is 2.25. The largest absolute Gasteiger partial charge is 0.449 e. The Morgan fingerprint density at radius 2 is 1.73 bits per heavy atom. The van der Waals surface area contributed by atoms with Crippen molar-refractivity contribution in [1.29, 1.82) is 0 Å². The molecule has 2 aromatic rings. The number of para-hydroxylation sites is 1. The van der Waals surface area contributed by atoms with Crippen LogP contribution in [-0.4, -0.2) is 31.9 Å². The third-order valence-electron chi connectivity index (χ3n) is 3.96. The number of amides is 1. The topological polar surface area (TPSA) is 102 Å². The average molecular weight is 453 g/mol. The molecule has 2 aromatic carbocycles. The zero-order chi connectivity index (χ0) is 22.7. The van der Waals surface area contributed by atoms with E-state index >= 15 is 0 Å². The SMILES string of the molecule is Cc1ccc(S(=O)(=O)NC(C)(C)C)cc1C(=O)OC(C)C(=O)Nc1ccccc1Cl. The van der Waals surface area contributed by atoms with Crippen LogP contribution in [0.25, 0.3) is 0 Å². The number of nitrogens with one attached hydrogen (secondary N) is 2. The van der Waals surface area contributed by atoms with Gasteiger partial charge in [-0.1, -0.05) is 29.8 Å². The number of halogens is 1. The molecule has 1 amide bonds. The Morgan fingerprint density at radius 3 is 2.33 bits per heavy atom. The Morgan fingerprint density at radius 1 is 1.10 bits per heavy atom. The summed E-state index contributed by atoms with van der Waals surface area (Å²) in [5, 5.41) is 2.94. The standard InChI is InChI=1S/C21H25ClN2O5S/c1-13-10-11-15(30(27,28)24-21(3,4)5)12-16(13)20(26)29-14(2)19(25)23-18-9-7-6-8-17(18)22/h6-12,14,24H,1-5H3,(H,23,25). The van der Waals surface area contributed by atoms with E-state index in [1.165, 1.54) is 25.1 Å². The second-order valence-corrected chi connectivity index (χ2v) is 9.94. The lowest BCUT2D eigenvalue weighted by atomic mass is 10.1. The van der Waals surface area contributed by atoms with Crippen molar-refractivity contribution in [3.8, 4) is 0 Å². The number of carbonyl (C=O) groups is 2. The van der Waals surface area contributed by atoms with E-state index in [1.54, 1.807) is 52.0 Å². The fourth-order valence-corrected chi connectivity index (χ4v) is 4.15. The molecule has 0 bridgehead atoms. The van der Waals surface area contributed by atoms with Gasteiger partial charge in [-0.15, -0.1) is 0 Å². The fraction of sp³-hybridized carbons (Fsp3) is 0.333. The van der Waals surface area contributed by atoms with E-state index in [4.69, 9.17) is 16.3 Å². The second-order valence-electron chi connectivity index (χ2n) is 7.85. The molecular weight excluding hydrogens is 428 g/mol. The highest BCUT2D eigenvalue weighted by molar-refractivity contribution is 7.89. The van der Waals surface area contributed by atoms with E-state index in [0.717, 1.165) is 0 Å². The maximum absolute atomic E-state index is 12.6. The number of carbonyl (C=O) groups excluding carboxylic acids is 2. The lowest BCUT2D eigenvalue weighted by Gasteiger charge is -2.21. The Kier molecular flexibility index (Phi) is 7.28. The minimum Gasteiger partial charge on any atom is -0.449 e. The van der Waals surface area contributed by atoms with Gasteiger partial charge in [0.2, 0.25) is 10.0 Å². The number of benzene rings is 2. The molecule has 2 N–H and O–H groups in total. The van der Waals surface area contributed by atoms with Gasteiger partial charge in [0.05, 0.1) is 21.2 Å². The van der Waals surface area contributed by atoms with Crippen molar-refractivity contribution in [3.05, 3.63) is 58.6 Å². The number of hydrogen-bond acceptors (Lipinski definition) is 5. The summed E-state index contributed by atoms with van der Waals surface area (Å²) in [7, 11) is -3.83. The molecule has 1 unspecified atom stereocenters. The van der Waals surface area contributed by atoms with Gasteiger partial charge < -0.3 is 10.1 Å². The predicted octanol–water partition coefficient (Wildman–Crippen LogP) is 3.91. The maximum Gasteiger partial charge on any atom is 0.339 e. The molecule has 7 nitrogen and oxygen atoms in total. The molecule has 0 saturated carbocycles. The normalized spacial score (nSPS) is 12.9. The van der Waals surface area contributed by atoms with Crippen molar-refractivity contribution in [2.75, 3.05) is 5.32 Å². The zero-order valence-corrected chi connectivity index (χ0v) is 19.0. The van der Waals surface area contributed by atoms with Gasteiger partial charge in [0.1, 0.15) is 0 Å². The lowest BCUT2D eigenvalue weighted by Crippen LogP contribution is -2.40. The summed E-state index contributed by atoms with van der Waals surface area (Å²) in [5.41, 5.74) is 0.289. The summed E-state index contributed by atoms with van der Waals surface area (Å²) in [6, 6.07) is 10.8. The van der Waals surface area contributed by atoms with Crippen LogP contribution in [0.4, 0.5) is 5.69 Å². The van der Waals surface area contributed by atoms with Gasteiger partial charge in [-0.25, -0.2) is 17.9 Å². The number of ether oxygens (including phenoxy) is 1. The van der Waals surface area contributed by atoms with E-state index in [2.05, 4.69) is 10.0 Å². The summed E-state index contributed by atoms with van der Waals surface area (Å²) in [6.45, 7) is 8.22. The van der Waals surface area contributed by atoms with Crippen LogP contribution in [0.5, 0.6) is 0 Å². The predicted molar refractivity (Wildman–Crippen MR) is 116 cm³/mol. The van der Waals surface area contributed by atoms with Crippen molar-refractivity contribution in [1.82, 2.24) is 4.72 Å². The van der Waals surface area contributed by atoms with Crippen LogP contribution in [0.3, 0.4) is 0 Å². The van der Waals surface area contributed by atoms with Gasteiger partial charge in [-0.3, -0.25) is 4.79 Å². The minimum atomic E-state index is -3.83. The van der Waals surface area contributed by atoms with E-state index < -0.39 is 33.5 Å². The highest BCUT2D eigenvalue weighted by Crippen LogP contribution is 2.22. The van der Waals surface area contributed by atoms with Gasteiger partial charge in [0.15, 0.2) is 6.10 Å². The van der Waals surface area contributed by atoms with E-state index in [0.29, 0.717) is 16.3 Å². The molecule has 0 saturated heterocycles. The molecule has 162 valence electrons. The summed E-state index contributed by atoms with van der Waals surface area (Å²) < 4.78 is 32.9. The quantitative estimate of drug-likeness (QED) is 0.647. The van der Waals surface area contributed by atoms with Crippen LogP contribution < -0.4 is 10.0 Å². The van der Waals surface area contributed by atoms with Crippen LogP contribution >= 0.6 is 11.6 Å². The molecule has 0 aromatic heterocycles. The van der Waals surface area contributed by atoms with Crippen LogP contribution in [0, 0.1) is 6.92 Å². The Labute approximate surface area is 181 Å². The van der Waals surface area contributed by atoms with Crippen LogP contribution in [0.15, 0.2) is 47.4 Å². The maximum atomic E-state index is 12.6. The highest BCUT2D eigenvalue weighted by atomic mass is 35.5. The van der Waals surface area contributed by atoms with E-state index in [-0.39, 0.29) is 10.5 Å². The van der Waals surface area contributed by atoms with Gasteiger partial charge in [0.25, 0.3) is 5.91 Å². The molecule has 0 fully saturated rings. The lowest BCUT2D eigenvalue weighted by molar-refractivity contribution is -0.123. The number of rotatable bonds is 6. The summed E-state index contributed by atoms with van der Waals surface area (Å²) in [6.07, 6.45) is -1.12. The molecule has 0 heterocycles. The molecular formula is C21H25ClN2O5S. The number of anilines is 1. The van der Waals surface area contributed by atoms with Gasteiger partial charge >= 0.3 is 5.97 Å². The van der Waals surface area contributed by atoms with Gasteiger partial charge in [-0.05, 0) is 64.4 Å². The first-order valence-electron chi connectivity index (χ1n) is 9.21. The number of aryl methyl sites for hydroxylation is 1. The van der Waals surface area contributed by atoms with Crippen molar-refractivity contribution in [3.63, 3.8) is 0 Å². The fourth-order valence-electron chi connectivity index (χ4n) is 2.52. The summed E-state index contributed by atoms with van der Waals surface area (Å²) >= 11 is 6.02. The van der Waals surface area contributed by atoms with Gasteiger partial charge in [-0.2, -0.15) is 0 Å². The molecule has 1 atom stereocenters. The Bertz CT molecular complexity index is 1060. The molecule has 0 aliphatic carbocycles.